The van der Waals surface area contributed by atoms with Gasteiger partial charge in [-0.05, 0) is 18.9 Å². The fraction of sp³-hybridized carbons (Fsp3) is 0.400. The molecule has 0 aliphatic heterocycles. The van der Waals surface area contributed by atoms with Crippen molar-refractivity contribution in [1.29, 1.82) is 0 Å². The van der Waals surface area contributed by atoms with Gasteiger partial charge in [-0.2, -0.15) is 0 Å². The van der Waals surface area contributed by atoms with E-state index in [4.69, 9.17) is 10.5 Å². The highest BCUT2D eigenvalue weighted by atomic mass is 16.5. The monoisotopic (exact) mass is 192 g/mol. The molecule has 0 aromatic carbocycles. The van der Waals surface area contributed by atoms with Gasteiger partial charge in [-0.3, -0.25) is 9.78 Å². The second-order valence-electron chi connectivity index (χ2n) is 3.53. The lowest BCUT2D eigenvalue weighted by Gasteiger charge is -2.10. The lowest BCUT2D eigenvalue weighted by molar-refractivity contribution is -0.120. The summed E-state index contributed by atoms with van der Waals surface area (Å²) in [5.74, 6) is 0.417. The summed E-state index contributed by atoms with van der Waals surface area (Å²) in [6.45, 7) is 0. The highest BCUT2D eigenvalue weighted by molar-refractivity contribution is 5.89. The molecule has 0 radical (unpaired) electrons. The molecule has 1 aliphatic carbocycles. The van der Waals surface area contributed by atoms with E-state index >= 15 is 0 Å². The van der Waals surface area contributed by atoms with E-state index in [-0.39, 0.29) is 5.91 Å². The van der Waals surface area contributed by atoms with Gasteiger partial charge in [0, 0.05) is 12.3 Å². The first-order valence-corrected chi connectivity index (χ1v) is 4.49. The molecule has 0 unspecified atom stereocenters. The Morgan fingerprint density at radius 3 is 2.86 bits per heavy atom. The molecule has 14 heavy (non-hydrogen) atoms. The average Bonchev–Trinajstić information content (AvgIpc) is 2.98. The zero-order chi connectivity index (χ0) is 10.2. The first-order chi connectivity index (χ1) is 6.69. The average molecular weight is 192 g/mol. The largest absolute Gasteiger partial charge is 0.497 e. The highest BCUT2D eigenvalue weighted by Gasteiger charge is 2.51. The summed E-state index contributed by atoms with van der Waals surface area (Å²) >= 11 is 0. The van der Waals surface area contributed by atoms with E-state index in [1.54, 1.807) is 25.4 Å². The van der Waals surface area contributed by atoms with E-state index in [1.165, 1.54) is 0 Å². The number of carbonyl (C=O) groups is 1. The number of nitrogens with zero attached hydrogens (tertiary/aromatic N) is 1. The predicted octanol–water partition coefficient (Wildman–Crippen LogP) is 0.607. The lowest BCUT2D eigenvalue weighted by atomic mass is 10.0. The first kappa shape index (κ1) is 8.99. The van der Waals surface area contributed by atoms with Crippen molar-refractivity contribution in [3.8, 4) is 5.75 Å². The summed E-state index contributed by atoms with van der Waals surface area (Å²) in [6.07, 6.45) is 3.22. The van der Waals surface area contributed by atoms with Crippen LogP contribution in [0.25, 0.3) is 0 Å². The van der Waals surface area contributed by atoms with Crippen molar-refractivity contribution in [3.05, 3.63) is 24.0 Å². The van der Waals surface area contributed by atoms with Crippen molar-refractivity contribution in [1.82, 2.24) is 4.98 Å². The molecule has 1 saturated carbocycles. The molecular formula is C10H12N2O2. The number of hydrogen-bond donors (Lipinski definition) is 1. The Balaban J connectivity index is 2.37. The van der Waals surface area contributed by atoms with Crippen LogP contribution in [0.2, 0.25) is 0 Å². The Kier molecular flexibility index (Phi) is 1.91. The molecule has 2 N–H and O–H groups in total. The summed E-state index contributed by atoms with van der Waals surface area (Å²) in [6, 6.07) is 3.53. The number of amides is 1. The Morgan fingerprint density at radius 2 is 2.36 bits per heavy atom. The van der Waals surface area contributed by atoms with Gasteiger partial charge in [0.25, 0.3) is 0 Å². The third-order valence-electron chi connectivity index (χ3n) is 2.68. The number of rotatable bonds is 3. The predicted molar refractivity (Wildman–Crippen MR) is 50.9 cm³/mol. The minimum atomic E-state index is -0.519. The van der Waals surface area contributed by atoms with Gasteiger partial charge in [-0.15, -0.1) is 0 Å². The molecule has 4 nitrogen and oxygen atoms in total. The van der Waals surface area contributed by atoms with Gasteiger partial charge in [0.2, 0.25) is 5.91 Å². The quantitative estimate of drug-likeness (QED) is 0.763. The Bertz CT molecular complexity index is 372. The van der Waals surface area contributed by atoms with Crippen molar-refractivity contribution in [2.24, 2.45) is 5.73 Å². The van der Waals surface area contributed by atoms with Gasteiger partial charge in [0.1, 0.15) is 5.75 Å². The van der Waals surface area contributed by atoms with Crippen LogP contribution in [0.4, 0.5) is 0 Å². The van der Waals surface area contributed by atoms with Gasteiger partial charge < -0.3 is 10.5 Å². The van der Waals surface area contributed by atoms with E-state index in [1.807, 2.05) is 0 Å². The summed E-state index contributed by atoms with van der Waals surface area (Å²) in [4.78, 5) is 15.4. The molecule has 0 bridgehead atoms. The molecule has 0 spiro atoms. The second-order valence-corrected chi connectivity index (χ2v) is 3.53. The number of aromatic nitrogens is 1. The third-order valence-corrected chi connectivity index (χ3v) is 2.68. The van der Waals surface area contributed by atoms with Crippen LogP contribution in [0.15, 0.2) is 18.3 Å². The van der Waals surface area contributed by atoms with Crippen LogP contribution < -0.4 is 10.5 Å². The molecule has 74 valence electrons. The van der Waals surface area contributed by atoms with Crippen molar-refractivity contribution in [2.75, 3.05) is 7.11 Å². The zero-order valence-corrected chi connectivity index (χ0v) is 7.99. The van der Waals surface area contributed by atoms with E-state index in [0.29, 0.717) is 5.75 Å². The van der Waals surface area contributed by atoms with E-state index in [2.05, 4.69) is 4.98 Å². The molecule has 2 rings (SSSR count). The van der Waals surface area contributed by atoms with Gasteiger partial charge in [0.05, 0.1) is 18.2 Å². The molecule has 1 heterocycles. The SMILES string of the molecule is COc1ccnc(C2(C(N)=O)CC2)c1. The maximum absolute atomic E-state index is 11.2. The normalized spacial score (nSPS) is 17.5. The van der Waals surface area contributed by atoms with Gasteiger partial charge in [-0.1, -0.05) is 0 Å². The topological polar surface area (TPSA) is 65.2 Å². The third kappa shape index (κ3) is 1.23. The molecule has 0 atom stereocenters. The fourth-order valence-electron chi connectivity index (χ4n) is 1.55. The molecule has 1 aromatic heterocycles. The van der Waals surface area contributed by atoms with E-state index in [0.717, 1.165) is 18.5 Å². The zero-order valence-electron chi connectivity index (χ0n) is 7.99. The Hall–Kier alpha value is -1.58. The Morgan fingerprint density at radius 1 is 1.64 bits per heavy atom. The number of ether oxygens (including phenoxy) is 1. The first-order valence-electron chi connectivity index (χ1n) is 4.49. The highest BCUT2D eigenvalue weighted by Crippen LogP contribution is 2.47. The van der Waals surface area contributed by atoms with Crippen LogP contribution in [-0.2, 0) is 10.2 Å². The molecule has 1 amide bonds. The van der Waals surface area contributed by atoms with Crippen molar-refractivity contribution in [2.45, 2.75) is 18.3 Å². The van der Waals surface area contributed by atoms with Crippen LogP contribution >= 0.6 is 0 Å². The van der Waals surface area contributed by atoms with Crippen LogP contribution in [0, 0.1) is 0 Å². The van der Waals surface area contributed by atoms with E-state index in [9.17, 15) is 4.79 Å². The number of primary amides is 1. The smallest absolute Gasteiger partial charge is 0.229 e. The molecule has 0 saturated heterocycles. The minimum absolute atomic E-state index is 0.293. The molecule has 1 aromatic rings. The van der Waals surface area contributed by atoms with Gasteiger partial charge in [0.15, 0.2) is 0 Å². The molecule has 1 fully saturated rings. The Labute approximate surface area is 82.1 Å². The molecule has 1 aliphatic rings. The van der Waals surface area contributed by atoms with Crippen molar-refractivity contribution < 1.29 is 9.53 Å². The number of nitrogens with two attached hydrogens (primary N) is 1. The minimum Gasteiger partial charge on any atom is -0.497 e. The number of carbonyl (C=O) groups excluding carboxylic acids is 1. The van der Waals surface area contributed by atoms with Crippen LogP contribution in [-0.4, -0.2) is 18.0 Å². The van der Waals surface area contributed by atoms with Crippen LogP contribution in [0.3, 0.4) is 0 Å². The van der Waals surface area contributed by atoms with Crippen molar-refractivity contribution in [3.63, 3.8) is 0 Å². The summed E-state index contributed by atoms with van der Waals surface area (Å²) in [7, 11) is 1.59. The fourth-order valence-corrected chi connectivity index (χ4v) is 1.55. The van der Waals surface area contributed by atoms with Gasteiger partial charge in [-0.25, -0.2) is 0 Å². The number of pyridine rings is 1. The van der Waals surface area contributed by atoms with Crippen LogP contribution in [0.5, 0.6) is 5.75 Å². The standard InChI is InChI=1S/C10H12N2O2/c1-14-7-2-5-12-8(6-7)10(3-4-10)9(11)13/h2,5-6H,3-4H2,1H3,(H2,11,13). The maximum atomic E-state index is 11.2. The lowest BCUT2D eigenvalue weighted by Crippen LogP contribution is -2.29. The number of hydrogen-bond acceptors (Lipinski definition) is 3. The summed E-state index contributed by atoms with van der Waals surface area (Å²) in [5, 5.41) is 0. The van der Waals surface area contributed by atoms with Gasteiger partial charge >= 0.3 is 0 Å². The van der Waals surface area contributed by atoms with Crippen molar-refractivity contribution >= 4 is 5.91 Å². The number of methoxy groups -OCH3 is 1. The summed E-state index contributed by atoms with van der Waals surface area (Å²) < 4.78 is 5.07. The van der Waals surface area contributed by atoms with Crippen LogP contribution in [0.1, 0.15) is 18.5 Å². The van der Waals surface area contributed by atoms with E-state index < -0.39 is 5.41 Å². The molecule has 4 heteroatoms. The maximum Gasteiger partial charge on any atom is 0.229 e. The molecular weight excluding hydrogens is 180 g/mol. The summed E-state index contributed by atoms with van der Waals surface area (Å²) in [5.41, 5.74) is 5.54. The second kappa shape index (κ2) is 2.97.